The third-order valence-electron chi connectivity index (χ3n) is 2.55. The Balaban J connectivity index is 2.93. The fraction of sp³-hybridized carbons (Fsp3) is 0.455. The molecule has 0 bridgehead atoms. The second-order valence-electron chi connectivity index (χ2n) is 3.94. The third kappa shape index (κ3) is 2.96. The Morgan fingerprint density at radius 2 is 1.94 bits per heavy atom. The van der Waals surface area contributed by atoms with E-state index in [9.17, 15) is 8.42 Å². The van der Waals surface area contributed by atoms with E-state index in [2.05, 4.69) is 4.72 Å². The molecule has 0 amide bonds. The minimum absolute atomic E-state index is 0.389. The van der Waals surface area contributed by atoms with Gasteiger partial charge in [-0.15, -0.1) is 0 Å². The molecule has 0 aliphatic carbocycles. The molecular weight excluding hydrogens is 226 g/mol. The van der Waals surface area contributed by atoms with Crippen molar-refractivity contribution in [1.82, 2.24) is 0 Å². The summed E-state index contributed by atoms with van der Waals surface area (Å²) in [6.45, 7) is 4.95. The van der Waals surface area contributed by atoms with Crippen LogP contribution in [0.25, 0.3) is 0 Å². The molecule has 1 aromatic carbocycles. The van der Waals surface area contributed by atoms with E-state index in [-0.39, 0.29) is 6.61 Å². The topological polar surface area (TPSA) is 66.4 Å². The number of aliphatic hydroxyl groups excluding tert-OH is 1. The zero-order valence-electron chi connectivity index (χ0n) is 9.69. The SMILES string of the molecule is Cc1ccc(NS(=O)(=O)C(C)CO)cc1C. The molecule has 16 heavy (non-hydrogen) atoms. The Morgan fingerprint density at radius 3 is 2.44 bits per heavy atom. The molecular formula is C11H17NO3S. The first kappa shape index (κ1) is 13.0. The first-order valence-electron chi connectivity index (χ1n) is 5.06. The average molecular weight is 243 g/mol. The molecule has 0 spiro atoms. The predicted octanol–water partition coefficient (Wildman–Crippen LogP) is 1.43. The monoisotopic (exact) mass is 243 g/mol. The van der Waals surface area contributed by atoms with Gasteiger partial charge in [-0.25, -0.2) is 8.42 Å². The molecule has 0 saturated heterocycles. The van der Waals surface area contributed by atoms with Gasteiger partial charge in [-0.05, 0) is 44.0 Å². The number of nitrogens with one attached hydrogen (secondary N) is 1. The van der Waals surface area contributed by atoms with Crippen LogP contribution in [-0.2, 0) is 10.0 Å². The molecule has 1 unspecified atom stereocenters. The molecule has 1 aromatic rings. The molecule has 0 fully saturated rings. The van der Waals surface area contributed by atoms with E-state index in [0.29, 0.717) is 5.69 Å². The highest BCUT2D eigenvalue weighted by Crippen LogP contribution is 2.16. The van der Waals surface area contributed by atoms with Gasteiger partial charge >= 0.3 is 0 Å². The van der Waals surface area contributed by atoms with Crippen molar-refractivity contribution in [2.24, 2.45) is 0 Å². The van der Waals surface area contributed by atoms with E-state index in [1.54, 1.807) is 12.1 Å². The Kier molecular flexibility index (Phi) is 3.93. The standard InChI is InChI=1S/C11H17NO3S/c1-8-4-5-11(6-9(8)2)12-16(14,15)10(3)7-13/h4-6,10,12-13H,7H2,1-3H3. The number of benzene rings is 1. The minimum Gasteiger partial charge on any atom is -0.395 e. The molecule has 0 aliphatic rings. The van der Waals surface area contributed by atoms with E-state index in [1.165, 1.54) is 6.92 Å². The van der Waals surface area contributed by atoms with Crippen molar-refractivity contribution >= 4 is 15.7 Å². The van der Waals surface area contributed by atoms with E-state index in [0.717, 1.165) is 11.1 Å². The quantitative estimate of drug-likeness (QED) is 0.840. The average Bonchev–Trinajstić information content (AvgIpc) is 2.22. The molecule has 0 saturated carbocycles. The van der Waals surface area contributed by atoms with Gasteiger partial charge in [0.05, 0.1) is 6.61 Å². The molecule has 0 heterocycles. The lowest BCUT2D eigenvalue weighted by atomic mass is 10.1. The van der Waals surface area contributed by atoms with Crippen molar-refractivity contribution in [3.8, 4) is 0 Å². The molecule has 2 N–H and O–H groups in total. The van der Waals surface area contributed by atoms with Gasteiger partial charge in [0, 0.05) is 5.69 Å². The minimum atomic E-state index is -3.49. The first-order chi connectivity index (χ1) is 7.36. The van der Waals surface area contributed by atoms with Crippen molar-refractivity contribution in [2.45, 2.75) is 26.0 Å². The van der Waals surface area contributed by atoms with E-state index in [1.807, 2.05) is 19.9 Å². The number of aliphatic hydroxyl groups is 1. The van der Waals surface area contributed by atoms with Crippen LogP contribution >= 0.6 is 0 Å². The highest BCUT2D eigenvalue weighted by molar-refractivity contribution is 7.93. The van der Waals surface area contributed by atoms with Crippen molar-refractivity contribution in [2.75, 3.05) is 11.3 Å². The summed E-state index contributed by atoms with van der Waals surface area (Å²) in [4.78, 5) is 0. The molecule has 0 aliphatic heterocycles. The first-order valence-corrected chi connectivity index (χ1v) is 6.61. The molecule has 1 rings (SSSR count). The lowest BCUT2D eigenvalue weighted by Gasteiger charge is -2.13. The van der Waals surface area contributed by atoms with Gasteiger partial charge in [0.25, 0.3) is 0 Å². The Morgan fingerprint density at radius 1 is 1.31 bits per heavy atom. The Labute approximate surface area is 96.4 Å². The summed E-state index contributed by atoms with van der Waals surface area (Å²) in [5.74, 6) is 0. The normalized spacial score (nSPS) is 13.5. The second-order valence-corrected chi connectivity index (χ2v) is 6.04. The van der Waals surface area contributed by atoms with Gasteiger partial charge in [-0.3, -0.25) is 4.72 Å². The lowest BCUT2D eigenvalue weighted by molar-refractivity contribution is 0.296. The summed E-state index contributed by atoms with van der Waals surface area (Å²) in [5, 5.41) is 8.02. The predicted molar refractivity (Wildman–Crippen MR) is 65.0 cm³/mol. The maximum Gasteiger partial charge on any atom is 0.237 e. The van der Waals surface area contributed by atoms with Gasteiger partial charge in [0.1, 0.15) is 5.25 Å². The maximum absolute atomic E-state index is 11.7. The molecule has 5 heteroatoms. The van der Waals surface area contributed by atoms with Crippen LogP contribution in [0.1, 0.15) is 18.1 Å². The Bertz CT molecular complexity index is 468. The lowest BCUT2D eigenvalue weighted by Crippen LogP contribution is -2.28. The summed E-state index contributed by atoms with van der Waals surface area (Å²) >= 11 is 0. The van der Waals surface area contributed by atoms with Crippen molar-refractivity contribution in [3.05, 3.63) is 29.3 Å². The van der Waals surface area contributed by atoms with Gasteiger partial charge in [-0.1, -0.05) is 6.07 Å². The fourth-order valence-corrected chi connectivity index (χ4v) is 2.02. The summed E-state index contributed by atoms with van der Waals surface area (Å²) in [5.41, 5.74) is 2.67. The molecule has 90 valence electrons. The Hall–Kier alpha value is -1.07. The van der Waals surface area contributed by atoms with Crippen LogP contribution in [0.15, 0.2) is 18.2 Å². The highest BCUT2D eigenvalue weighted by atomic mass is 32.2. The van der Waals surface area contributed by atoms with Crippen molar-refractivity contribution < 1.29 is 13.5 Å². The largest absolute Gasteiger partial charge is 0.395 e. The number of anilines is 1. The number of hydrogen-bond acceptors (Lipinski definition) is 3. The van der Waals surface area contributed by atoms with Crippen LogP contribution in [-0.4, -0.2) is 25.4 Å². The summed E-state index contributed by atoms with van der Waals surface area (Å²) < 4.78 is 25.8. The van der Waals surface area contributed by atoms with Gasteiger partial charge in [-0.2, -0.15) is 0 Å². The van der Waals surface area contributed by atoms with Crippen molar-refractivity contribution in [1.29, 1.82) is 0 Å². The van der Waals surface area contributed by atoms with Crippen LogP contribution in [0.2, 0.25) is 0 Å². The maximum atomic E-state index is 11.7. The molecule has 4 nitrogen and oxygen atoms in total. The van der Waals surface area contributed by atoms with Gasteiger partial charge < -0.3 is 5.11 Å². The van der Waals surface area contributed by atoms with Crippen LogP contribution in [0, 0.1) is 13.8 Å². The molecule has 1 atom stereocenters. The molecule has 0 aromatic heterocycles. The van der Waals surface area contributed by atoms with Crippen LogP contribution in [0.3, 0.4) is 0 Å². The van der Waals surface area contributed by atoms with Crippen LogP contribution in [0.5, 0.6) is 0 Å². The summed E-state index contributed by atoms with van der Waals surface area (Å²) in [6, 6.07) is 5.34. The summed E-state index contributed by atoms with van der Waals surface area (Å²) in [6.07, 6.45) is 0. The fourth-order valence-electron chi connectivity index (χ4n) is 1.17. The van der Waals surface area contributed by atoms with Crippen LogP contribution in [0.4, 0.5) is 5.69 Å². The molecule has 0 radical (unpaired) electrons. The van der Waals surface area contributed by atoms with E-state index < -0.39 is 15.3 Å². The zero-order chi connectivity index (χ0) is 12.3. The number of hydrogen-bond donors (Lipinski definition) is 2. The van der Waals surface area contributed by atoms with E-state index in [4.69, 9.17) is 5.11 Å². The van der Waals surface area contributed by atoms with E-state index >= 15 is 0 Å². The third-order valence-corrected chi connectivity index (χ3v) is 4.28. The van der Waals surface area contributed by atoms with Gasteiger partial charge in [0.15, 0.2) is 0 Å². The van der Waals surface area contributed by atoms with Gasteiger partial charge in [0.2, 0.25) is 10.0 Å². The van der Waals surface area contributed by atoms with Crippen LogP contribution < -0.4 is 4.72 Å². The smallest absolute Gasteiger partial charge is 0.237 e. The van der Waals surface area contributed by atoms with Crippen molar-refractivity contribution in [3.63, 3.8) is 0 Å². The number of rotatable bonds is 4. The number of sulfonamides is 1. The summed E-state index contributed by atoms with van der Waals surface area (Å²) in [7, 11) is -3.49. The second kappa shape index (κ2) is 4.84. The zero-order valence-corrected chi connectivity index (χ0v) is 10.5. The number of aryl methyl sites for hydroxylation is 2. The highest BCUT2D eigenvalue weighted by Gasteiger charge is 2.19.